The molecule has 1 unspecified atom stereocenters. The first-order valence-electron chi connectivity index (χ1n) is 12.2. The van der Waals surface area contributed by atoms with Gasteiger partial charge in [-0.15, -0.1) is 0 Å². The summed E-state index contributed by atoms with van der Waals surface area (Å²) in [6.45, 7) is 1.97. The number of aromatic carboxylic acids is 1. The highest BCUT2D eigenvalue weighted by Gasteiger charge is 2.18. The second-order valence-electron chi connectivity index (χ2n) is 9.21. The third-order valence-electron chi connectivity index (χ3n) is 6.90. The van der Waals surface area contributed by atoms with Crippen molar-refractivity contribution in [3.05, 3.63) is 76.3 Å². The minimum Gasteiger partial charge on any atom is -0.478 e. The van der Waals surface area contributed by atoms with Crippen LogP contribution in [0.5, 0.6) is 0 Å². The number of carboxylic acid groups (broad SMARTS) is 1. The first kappa shape index (κ1) is 26.2. The van der Waals surface area contributed by atoms with Crippen molar-refractivity contribution in [1.29, 1.82) is 0 Å². The van der Waals surface area contributed by atoms with Gasteiger partial charge in [0.15, 0.2) is 0 Å². The zero-order valence-electron chi connectivity index (χ0n) is 20.8. The molecule has 0 heterocycles. The number of carbonyl (C=O) groups is 1. The van der Waals surface area contributed by atoms with Gasteiger partial charge in [0.1, 0.15) is 11.0 Å². The first-order valence-corrected chi connectivity index (χ1v) is 13.7. The molecule has 8 heteroatoms. The number of hydrogen-bond donors (Lipinski definition) is 3. The molecule has 36 heavy (non-hydrogen) atoms. The highest BCUT2D eigenvalue weighted by molar-refractivity contribution is 7.83. The van der Waals surface area contributed by atoms with Crippen molar-refractivity contribution in [2.45, 2.75) is 49.8 Å². The molecule has 3 aromatic rings. The average Bonchev–Trinajstić information content (AvgIpc) is 2.89. The van der Waals surface area contributed by atoms with Crippen LogP contribution in [0, 0.1) is 6.92 Å². The molecule has 0 amide bonds. The molecular weight excluding hydrogens is 494 g/mol. The molecule has 0 bridgehead atoms. The van der Waals surface area contributed by atoms with E-state index < -0.39 is 17.0 Å². The Hall–Kier alpha value is -2.87. The number of nitrogens with one attached hydrogen (secondary N) is 2. The molecule has 3 N–H and O–H groups in total. The quantitative estimate of drug-likeness (QED) is 0.291. The van der Waals surface area contributed by atoms with Crippen molar-refractivity contribution in [1.82, 2.24) is 4.72 Å². The Morgan fingerprint density at radius 1 is 1.03 bits per heavy atom. The standard InChI is InChI=1S/C28H32ClN3O3S/c1-18-15-21(32(3)27-14-9-20(16-24(27)29)19-7-5-4-6-8-19)10-12-25(18)31-26-13-11-22(36(35)30-2)17-23(26)28(33)34/h9-17,19,30-31H,4-8H2,1-3H3,(H,33,34). The maximum Gasteiger partial charge on any atom is 0.337 e. The SMILES string of the molecule is CNS(=O)c1ccc(Nc2ccc(N(C)c3ccc(C4CCCCC4)cc3Cl)cc2C)c(C(=O)O)c1. The number of anilines is 4. The summed E-state index contributed by atoms with van der Waals surface area (Å²) < 4.78 is 14.7. The maximum atomic E-state index is 12.0. The molecule has 190 valence electrons. The van der Waals surface area contributed by atoms with E-state index in [4.69, 9.17) is 11.6 Å². The predicted octanol–water partition coefficient (Wildman–Crippen LogP) is 7.15. The van der Waals surface area contributed by atoms with Crippen molar-refractivity contribution < 1.29 is 14.1 Å². The van der Waals surface area contributed by atoms with Crippen molar-refractivity contribution in [2.75, 3.05) is 24.3 Å². The normalized spacial score (nSPS) is 14.9. The molecule has 3 aromatic carbocycles. The Balaban J connectivity index is 1.55. The van der Waals surface area contributed by atoms with Gasteiger partial charge in [0, 0.05) is 18.4 Å². The molecule has 6 nitrogen and oxygen atoms in total. The second-order valence-corrected chi connectivity index (χ2v) is 11.0. The van der Waals surface area contributed by atoms with Gasteiger partial charge in [-0.2, -0.15) is 0 Å². The minimum atomic E-state index is -1.47. The van der Waals surface area contributed by atoms with Gasteiger partial charge >= 0.3 is 5.97 Å². The molecule has 1 atom stereocenters. The molecule has 0 radical (unpaired) electrons. The Labute approximate surface area is 220 Å². The molecule has 0 aromatic heterocycles. The van der Waals surface area contributed by atoms with Crippen LogP contribution in [-0.2, 0) is 11.0 Å². The number of carboxylic acids is 1. The van der Waals surface area contributed by atoms with E-state index in [1.807, 2.05) is 32.2 Å². The number of hydrogen-bond acceptors (Lipinski definition) is 4. The monoisotopic (exact) mass is 525 g/mol. The van der Waals surface area contributed by atoms with Crippen molar-refractivity contribution in [2.24, 2.45) is 0 Å². The van der Waals surface area contributed by atoms with Gasteiger partial charge in [-0.25, -0.2) is 13.7 Å². The van der Waals surface area contributed by atoms with Crippen LogP contribution in [0.15, 0.2) is 59.5 Å². The number of nitrogens with zero attached hydrogens (tertiary/aromatic N) is 1. The Kier molecular flexibility index (Phi) is 8.34. The summed E-state index contributed by atoms with van der Waals surface area (Å²) in [5, 5.41) is 13.6. The van der Waals surface area contributed by atoms with Gasteiger partial charge in [0.2, 0.25) is 0 Å². The van der Waals surface area contributed by atoms with E-state index in [1.165, 1.54) is 43.7 Å². The van der Waals surface area contributed by atoms with Crippen LogP contribution < -0.4 is 14.9 Å². The highest BCUT2D eigenvalue weighted by Crippen LogP contribution is 2.38. The third-order valence-corrected chi connectivity index (χ3v) is 8.25. The van der Waals surface area contributed by atoms with E-state index in [0.717, 1.165) is 27.6 Å². The van der Waals surface area contributed by atoms with Crippen LogP contribution in [0.2, 0.25) is 5.02 Å². The summed E-state index contributed by atoms with van der Waals surface area (Å²) >= 11 is 6.73. The number of rotatable bonds is 8. The Bertz CT molecular complexity index is 1290. The number of benzene rings is 3. The smallest absolute Gasteiger partial charge is 0.337 e. The van der Waals surface area contributed by atoms with Crippen molar-refractivity contribution >= 4 is 51.3 Å². The van der Waals surface area contributed by atoms with E-state index >= 15 is 0 Å². The summed E-state index contributed by atoms with van der Waals surface area (Å²) in [7, 11) is 2.09. The summed E-state index contributed by atoms with van der Waals surface area (Å²) in [4.78, 5) is 14.3. The fourth-order valence-corrected chi connectivity index (χ4v) is 5.78. The summed E-state index contributed by atoms with van der Waals surface area (Å²) in [6.07, 6.45) is 6.38. The Morgan fingerprint density at radius 2 is 1.75 bits per heavy atom. The van der Waals surface area contributed by atoms with Gasteiger partial charge in [-0.3, -0.25) is 0 Å². The molecular formula is C28H32ClN3O3S. The largest absolute Gasteiger partial charge is 0.478 e. The van der Waals surface area contributed by atoms with E-state index in [-0.39, 0.29) is 5.56 Å². The van der Waals surface area contributed by atoms with E-state index in [1.54, 1.807) is 19.2 Å². The van der Waals surface area contributed by atoms with Crippen molar-refractivity contribution in [3.8, 4) is 0 Å². The lowest BCUT2D eigenvalue weighted by Gasteiger charge is -2.25. The van der Waals surface area contributed by atoms with Crippen LogP contribution in [0.4, 0.5) is 22.7 Å². The molecule has 1 fully saturated rings. The number of halogens is 1. The van der Waals surface area contributed by atoms with Gasteiger partial charge in [-0.1, -0.05) is 36.9 Å². The van der Waals surface area contributed by atoms with E-state index in [2.05, 4.69) is 33.1 Å². The molecule has 0 spiro atoms. The molecule has 4 rings (SSSR count). The van der Waals surface area contributed by atoms with Gasteiger partial charge < -0.3 is 15.3 Å². The molecule has 0 aliphatic heterocycles. The molecule has 1 aliphatic carbocycles. The maximum absolute atomic E-state index is 12.0. The van der Waals surface area contributed by atoms with Crippen LogP contribution in [-0.4, -0.2) is 29.4 Å². The zero-order chi connectivity index (χ0) is 25.8. The van der Waals surface area contributed by atoms with Crippen molar-refractivity contribution in [3.63, 3.8) is 0 Å². The number of aryl methyl sites for hydroxylation is 1. The topological polar surface area (TPSA) is 81.7 Å². The third kappa shape index (κ3) is 5.75. The molecule has 0 saturated heterocycles. The lowest BCUT2D eigenvalue weighted by atomic mass is 9.84. The van der Waals surface area contributed by atoms with Gasteiger partial charge in [0.05, 0.1) is 26.9 Å². The minimum absolute atomic E-state index is 0.0570. The van der Waals surface area contributed by atoms with E-state index in [9.17, 15) is 14.1 Å². The summed E-state index contributed by atoms with van der Waals surface area (Å²) in [6, 6.07) is 17.1. The molecule has 1 saturated carbocycles. The highest BCUT2D eigenvalue weighted by atomic mass is 35.5. The summed E-state index contributed by atoms with van der Waals surface area (Å²) in [5.74, 6) is -0.487. The molecule has 1 aliphatic rings. The average molecular weight is 526 g/mol. The first-order chi connectivity index (χ1) is 17.3. The lowest BCUT2D eigenvalue weighted by molar-refractivity contribution is 0.0697. The summed E-state index contributed by atoms with van der Waals surface area (Å²) in [5.41, 5.74) is 5.48. The van der Waals surface area contributed by atoms with Gasteiger partial charge in [0.25, 0.3) is 0 Å². The fraction of sp³-hybridized carbons (Fsp3) is 0.321. The van der Waals surface area contributed by atoms with E-state index in [0.29, 0.717) is 16.5 Å². The van der Waals surface area contributed by atoms with Crippen LogP contribution in [0.1, 0.15) is 59.5 Å². The van der Waals surface area contributed by atoms with Gasteiger partial charge in [-0.05, 0) is 92.4 Å². The van der Waals surface area contributed by atoms with Crippen LogP contribution >= 0.6 is 11.6 Å². The zero-order valence-corrected chi connectivity index (χ0v) is 22.4. The predicted molar refractivity (Wildman–Crippen MR) is 149 cm³/mol. The lowest BCUT2D eigenvalue weighted by Crippen LogP contribution is -2.12. The Morgan fingerprint density at radius 3 is 2.39 bits per heavy atom. The van der Waals surface area contributed by atoms with Crippen LogP contribution in [0.3, 0.4) is 0 Å². The second kappa shape index (κ2) is 11.5. The fourth-order valence-electron chi connectivity index (χ4n) is 4.81. The van der Waals surface area contributed by atoms with Crippen LogP contribution in [0.25, 0.3) is 0 Å².